The zero-order valence-corrected chi connectivity index (χ0v) is 10.7. The van der Waals surface area contributed by atoms with Gasteiger partial charge < -0.3 is 25.5 Å². The predicted octanol–water partition coefficient (Wildman–Crippen LogP) is -3.68. The van der Waals surface area contributed by atoms with E-state index in [4.69, 9.17) is 10.2 Å². The lowest BCUT2D eigenvalue weighted by atomic mass is 10.0. The molecule has 0 aromatic heterocycles. The van der Waals surface area contributed by atoms with Crippen molar-refractivity contribution < 1.29 is 35.1 Å². The molecule has 0 aliphatic carbocycles. The Kier molecular flexibility index (Phi) is 7.49. The van der Waals surface area contributed by atoms with E-state index in [0.29, 0.717) is 0 Å². The smallest absolute Gasteiger partial charge is 0.237 e. The molecule has 0 heterocycles. The first-order chi connectivity index (χ1) is 8.70. The van der Waals surface area contributed by atoms with Gasteiger partial charge in [-0.25, -0.2) is 0 Å². The van der Waals surface area contributed by atoms with Gasteiger partial charge in [-0.3, -0.25) is 20.0 Å². The van der Waals surface area contributed by atoms with Crippen molar-refractivity contribution in [2.75, 3.05) is 13.2 Å². The largest absolute Gasteiger partial charge is 0.394 e. The molecule has 6 N–H and O–H groups in total. The molecule has 0 saturated carbocycles. The third-order valence-corrected chi connectivity index (χ3v) is 2.37. The fourth-order valence-electron chi connectivity index (χ4n) is 1.30. The molecule has 19 heavy (non-hydrogen) atoms. The van der Waals surface area contributed by atoms with Crippen LogP contribution in [0.3, 0.4) is 0 Å². The topological polar surface area (TPSA) is 151 Å². The molecule has 0 bridgehead atoms. The number of aliphatic hydroxyl groups is 5. The molecule has 0 aliphatic rings. The number of carbonyl (C=O) groups is 2. The van der Waals surface area contributed by atoms with Gasteiger partial charge in [0.05, 0.1) is 13.2 Å². The quantitative estimate of drug-likeness (QED) is 0.274. The van der Waals surface area contributed by atoms with Crippen LogP contribution in [-0.2, 0) is 9.59 Å². The molecule has 9 nitrogen and oxygen atoms in total. The number of carbonyl (C=O) groups excluding carboxylic acids is 2. The lowest BCUT2D eigenvalue weighted by Crippen LogP contribution is -2.54. The summed E-state index contributed by atoms with van der Waals surface area (Å²) >= 11 is 0. The summed E-state index contributed by atoms with van der Waals surface area (Å²) in [5.74, 6) is -1.13. The Hall–Kier alpha value is -1.26. The molecule has 0 unspecified atom stereocenters. The summed E-state index contributed by atoms with van der Waals surface area (Å²) in [5, 5.41) is 47.0. The minimum Gasteiger partial charge on any atom is -0.394 e. The number of hydrogen-bond acceptors (Lipinski definition) is 7. The molecule has 0 saturated heterocycles. The molecule has 4 atom stereocenters. The van der Waals surface area contributed by atoms with Crippen LogP contribution in [0.25, 0.3) is 0 Å². The standard InChI is InChI=1S/C10H20N2O7/c1-5(14)11-12(6(2)15)3-7(16)9(18)10(19)8(17)4-13/h7-10,13,16-19H,3-4H2,1-2H3,(H,11,14)/t7-,8+,9-,10-/m0/s1. The van der Waals surface area contributed by atoms with Crippen molar-refractivity contribution in [3.63, 3.8) is 0 Å². The van der Waals surface area contributed by atoms with E-state index in [1.165, 1.54) is 0 Å². The number of aliphatic hydroxyl groups excluding tert-OH is 5. The maximum atomic E-state index is 11.2. The van der Waals surface area contributed by atoms with E-state index in [1.54, 1.807) is 0 Å². The van der Waals surface area contributed by atoms with Crippen LogP contribution in [0.1, 0.15) is 13.8 Å². The minimum absolute atomic E-state index is 0.481. The Morgan fingerprint density at radius 3 is 1.89 bits per heavy atom. The highest BCUT2D eigenvalue weighted by Crippen LogP contribution is 2.06. The number of hydrazine groups is 1. The highest BCUT2D eigenvalue weighted by Gasteiger charge is 2.31. The van der Waals surface area contributed by atoms with Gasteiger partial charge in [0.15, 0.2) is 0 Å². The molecule has 0 aromatic rings. The Balaban J connectivity index is 4.58. The van der Waals surface area contributed by atoms with Crippen LogP contribution in [-0.4, -0.2) is 79.9 Å². The van der Waals surface area contributed by atoms with Crippen molar-refractivity contribution in [1.82, 2.24) is 10.4 Å². The summed E-state index contributed by atoms with van der Waals surface area (Å²) in [5.41, 5.74) is 2.13. The molecule has 0 fully saturated rings. The van der Waals surface area contributed by atoms with Crippen molar-refractivity contribution in [3.05, 3.63) is 0 Å². The highest BCUT2D eigenvalue weighted by molar-refractivity contribution is 5.79. The number of amides is 2. The SMILES string of the molecule is CC(=O)NN(C[C@H](O)[C@H](O)[C@@H](O)[C@H](O)CO)C(C)=O. The second-order valence-corrected chi connectivity index (χ2v) is 4.10. The van der Waals surface area contributed by atoms with Crippen LogP contribution in [0.15, 0.2) is 0 Å². The minimum atomic E-state index is -1.79. The van der Waals surface area contributed by atoms with Crippen molar-refractivity contribution >= 4 is 11.8 Å². The van der Waals surface area contributed by atoms with E-state index < -0.39 is 49.4 Å². The van der Waals surface area contributed by atoms with E-state index >= 15 is 0 Å². The van der Waals surface area contributed by atoms with E-state index in [2.05, 4.69) is 5.43 Å². The molecular weight excluding hydrogens is 260 g/mol. The number of nitrogens with zero attached hydrogens (tertiary/aromatic N) is 1. The first-order valence-corrected chi connectivity index (χ1v) is 5.59. The monoisotopic (exact) mass is 280 g/mol. The van der Waals surface area contributed by atoms with Crippen LogP contribution >= 0.6 is 0 Å². The third kappa shape index (κ3) is 5.94. The van der Waals surface area contributed by atoms with Crippen LogP contribution in [0.5, 0.6) is 0 Å². The van der Waals surface area contributed by atoms with Gasteiger partial charge in [0.2, 0.25) is 11.8 Å². The molecule has 0 rings (SSSR count). The molecular formula is C10H20N2O7. The molecule has 0 spiro atoms. The van der Waals surface area contributed by atoms with Gasteiger partial charge >= 0.3 is 0 Å². The Morgan fingerprint density at radius 1 is 1.05 bits per heavy atom. The van der Waals surface area contributed by atoms with Gasteiger partial charge in [-0.15, -0.1) is 0 Å². The summed E-state index contributed by atoms with van der Waals surface area (Å²) < 4.78 is 0. The van der Waals surface area contributed by atoms with Gasteiger partial charge in [0, 0.05) is 13.8 Å². The van der Waals surface area contributed by atoms with Crippen molar-refractivity contribution in [3.8, 4) is 0 Å². The zero-order valence-electron chi connectivity index (χ0n) is 10.7. The first kappa shape index (κ1) is 17.7. The van der Waals surface area contributed by atoms with Gasteiger partial charge in [0.25, 0.3) is 0 Å². The average Bonchev–Trinajstić information content (AvgIpc) is 2.34. The maximum Gasteiger partial charge on any atom is 0.237 e. The van der Waals surface area contributed by atoms with Crippen molar-refractivity contribution in [2.45, 2.75) is 38.3 Å². The highest BCUT2D eigenvalue weighted by atomic mass is 16.4. The maximum absolute atomic E-state index is 11.2. The van der Waals surface area contributed by atoms with E-state index in [0.717, 1.165) is 18.9 Å². The van der Waals surface area contributed by atoms with E-state index in [1.807, 2.05) is 0 Å². The van der Waals surface area contributed by atoms with E-state index in [9.17, 15) is 24.9 Å². The average molecular weight is 280 g/mol. The lowest BCUT2D eigenvalue weighted by Gasteiger charge is -2.29. The van der Waals surface area contributed by atoms with Crippen LogP contribution < -0.4 is 5.43 Å². The lowest BCUT2D eigenvalue weighted by molar-refractivity contribution is -0.147. The second kappa shape index (κ2) is 8.02. The van der Waals surface area contributed by atoms with Crippen molar-refractivity contribution in [1.29, 1.82) is 0 Å². The Morgan fingerprint density at radius 2 is 1.53 bits per heavy atom. The van der Waals surface area contributed by atoms with Crippen LogP contribution in [0, 0.1) is 0 Å². The molecule has 0 radical (unpaired) electrons. The summed E-state index contributed by atoms with van der Waals surface area (Å²) in [6.45, 7) is 1.01. The molecule has 0 aliphatic heterocycles. The van der Waals surface area contributed by atoms with Crippen LogP contribution in [0.2, 0.25) is 0 Å². The Bertz CT molecular complexity index is 312. The Labute approximate surface area is 110 Å². The molecule has 9 heteroatoms. The van der Waals surface area contributed by atoms with Gasteiger partial charge in [-0.05, 0) is 0 Å². The number of rotatable bonds is 6. The van der Waals surface area contributed by atoms with Crippen LogP contribution in [0.4, 0.5) is 0 Å². The summed E-state index contributed by atoms with van der Waals surface area (Å²) in [4.78, 5) is 22.0. The number of hydrogen-bond donors (Lipinski definition) is 6. The molecule has 0 aromatic carbocycles. The van der Waals surface area contributed by atoms with Gasteiger partial charge in [-0.1, -0.05) is 0 Å². The first-order valence-electron chi connectivity index (χ1n) is 5.59. The van der Waals surface area contributed by atoms with Gasteiger partial charge in [-0.2, -0.15) is 0 Å². The van der Waals surface area contributed by atoms with Crippen molar-refractivity contribution in [2.24, 2.45) is 0 Å². The normalized spacial score (nSPS) is 17.2. The second-order valence-electron chi connectivity index (χ2n) is 4.10. The third-order valence-electron chi connectivity index (χ3n) is 2.37. The van der Waals surface area contributed by atoms with E-state index in [-0.39, 0.29) is 0 Å². The summed E-state index contributed by atoms with van der Waals surface area (Å²) in [6.07, 6.45) is -6.83. The number of nitrogens with one attached hydrogen (secondary N) is 1. The predicted molar refractivity (Wildman–Crippen MR) is 62.3 cm³/mol. The molecule has 2 amide bonds. The fraction of sp³-hybridized carbons (Fsp3) is 0.800. The van der Waals surface area contributed by atoms with Gasteiger partial charge in [0.1, 0.15) is 24.4 Å². The zero-order chi connectivity index (χ0) is 15.2. The fourth-order valence-corrected chi connectivity index (χ4v) is 1.30. The summed E-state index contributed by atoms with van der Waals surface area (Å²) in [6, 6.07) is 0. The molecule has 112 valence electrons. The summed E-state index contributed by atoms with van der Waals surface area (Å²) in [7, 11) is 0.